The van der Waals surface area contributed by atoms with Crippen molar-refractivity contribution in [3.05, 3.63) is 18.2 Å². The van der Waals surface area contributed by atoms with Crippen molar-refractivity contribution in [3.63, 3.8) is 0 Å². The first-order valence-corrected chi connectivity index (χ1v) is 5.27. The molecule has 4 nitrogen and oxygen atoms in total. The first kappa shape index (κ1) is 10.6. The predicted molar refractivity (Wildman–Crippen MR) is 56.4 cm³/mol. The Labute approximate surface area is 90.2 Å². The third kappa shape index (κ3) is 2.79. The first-order valence-electron chi connectivity index (χ1n) is 5.27. The molecule has 0 N–H and O–H groups in total. The third-order valence-corrected chi connectivity index (χ3v) is 2.44. The molecule has 15 heavy (non-hydrogen) atoms. The van der Waals surface area contributed by atoms with Gasteiger partial charge in [0.25, 0.3) is 0 Å². The summed E-state index contributed by atoms with van der Waals surface area (Å²) in [4.78, 5) is 4.16. The van der Waals surface area contributed by atoms with Crippen molar-refractivity contribution in [1.29, 1.82) is 0 Å². The van der Waals surface area contributed by atoms with E-state index in [1.54, 1.807) is 0 Å². The van der Waals surface area contributed by atoms with Crippen molar-refractivity contribution in [2.24, 2.45) is 5.41 Å². The molecule has 1 aromatic heterocycles. The summed E-state index contributed by atoms with van der Waals surface area (Å²) in [6.45, 7) is 8.49. The summed E-state index contributed by atoms with van der Waals surface area (Å²) in [5, 5.41) is 0. The van der Waals surface area contributed by atoms with Gasteiger partial charge in [-0.25, -0.2) is 4.98 Å². The Bertz CT molecular complexity index is 323. The molecule has 0 saturated carbocycles. The average molecular weight is 210 g/mol. The topological polar surface area (TPSA) is 36.3 Å². The van der Waals surface area contributed by atoms with Gasteiger partial charge in [-0.2, -0.15) is 0 Å². The maximum atomic E-state index is 5.64. The third-order valence-electron chi connectivity index (χ3n) is 2.44. The summed E-state index contributed by atoms with van der Waals surface area (Å²) in [6.07, 6.45) is 3.67. The lowest BCUT2D eigenvalue weighted by Crippen LogP contribution is -2.39. The highest BCUT2D eigenvalue weighted by atomic mass is 16.7. The van der Waals surface area contributed by atoms with E-state index in [9.17, 15) is 0 Å². The van der Waals surface area contributed by atoms with Crippen LogP contribution in [0.4, 0.5) is 0 Å². The second kappa shape index (κ2) is 3.94. The summed E-state index contributed by atoms with van der Waals surface area (Å²) in [6, 6.07) is 0. The molecule has 0 atom stereocenters. The van der Waals surface area contributed by atoms with Gasteiger partial charge in [0.1, 0.15) is 0 Å². The average Bonchev–Trinajstić information content (AvgIpc) is 2.55. The summed E-state index contributed by atoms with van der Waals surface area (Å²) in [5.41, 5.74) is 1.16. The van der Waals surface area contributed by atoms with Crippen LogP contribution in [0.15, 0.2) is 12.5 Å². The Morgan fingerprint density at radius 3 is 2.67 bits per heavy atom. The predicted octanol–water partition coefficient (Wildman–Crippen LogP) is 1.59. The molecular weight excluding hydrogens is 192 g/mol. The molecule has 1 fully saturated rings. The highest BCUT2D eigenvalue weighted by Crippen LogP contribution is 2.23. The molecule has 2 heterocycles. The molecule has 4 heteroatoms. The minimum atomic E-state index is -0.133. The first-order chi connectivity index (χ1) is 7.05. The van der Waals surface area contributed by atoms with Gasteiger partial charge in [0.05, 0.1) is 31.8 Å². The van der Waals surface area contributed by atoms with Gasteiger partial charge in [0.2, 0.25) is 0 Å². The largest absolute Gasteiger partial charge is 0.350 e. The van der Waals surface area contributed by atoms with Gasteiger partial charge in [0, 0.05) is 11.6 Å². The van der Waals surface area contributed by atoms with Crippen LogP contribution in [0.3, 0.4) is 0 Å². The fourth-order valence-electron chi connectivity index (χ4n) is 1.58. The summed E-state index contributed by atoms with van der Waals surface area (Å²) in [5.74, 6) is 0. The maximum absolute atomic E-state index is 5.64. The van der Waals surface area contributed by atoms with Gasteiger partial charge in [-0.3, -0.25) is 0 Å². The van der Waals surface area contributed by atoms with E-state index in [4.69, 9.17) is 9.47 Å². The lowest BCUT2D eigenvalue weighted by atomic mass is 9.96. The van der Waals surface area contributed by atoms with E-state index in [1.807, 2.05) is 24.0 Å². The van der Waals surface area contributed by atoms with Gasteiger partial charge < -0.3 is 14.0 Å². The van der Waals surface area contributed by atoms with Crippen molar-refractivity contribution in [2.75, 3.05) is 13.2 Å². The molecule has 0 bridgehead atoms. The molecule has 0 amide bonds. The monoisotopic (exact) mass is 210 g/mol. The van der Waals surface area contributed by atoms with Gasteiger partial charge >= 0.3 is 0 Å². The molecule has 1 aliphatic rings. The highest BCUT2D eigenvalue weighted by molar-refractivity contribution is 4.92. The van der Waals surface area contributed by atoms with E-state index < -0.39 is 0 Å². The van der Waals surface area contributed by atoms with Crippen molar-refractivity contribution in [1.82, 2.24) is 9.55 Å². The number of hydrogen-bond acceptors (Lipinski definition) is 3. The molecule has 0 unspecified atom stereocenters. The molecule has 0 radical (unpaired) electrons. The van der Waals surface area contributed by atoms with Crippen molar-refractivity contribution in [2.45, 2.75) is 33.6 Å². The van der Waals surface area contributed by atoms with Crippen LogP contribution in [0.5, 0.6) is 0 Å². The van der Waals surface area contributed by atoms with Gasteiger partial charge in [-0.15, -0.1) is 0 Å². The normalized spacial score (nSPS) is 21.8. The Hall–Kier alpha value is -0.870. The standard InChI is InChI=1S/C11H18N2O2/c1-9-4-13(8-12-9)5-10-14-6-11(2,3)7-15-10/h4,8,10H,5-7H2,1-3H3. The Morgan fingerprint density at radius 1 is 1.47 bits per heavy atom. The number of imidazole rings is 1. The number of hydrogen-bond donors (Lipinski definition) is 0. The van der Waals surface area contributed by atoms with Crippen LogP contribution in [0.2, 0.25) is 0 Å². The highest BCUT2D eigenvalue weighted by Gasteiger charge is 2.28. The van der Waals surface area contributed by atoms with Crippen LogP contribution >= 0.6 is 0 Å². The van der Waals surface area contributed by atoms with Gasteiger partial charge in [-0.05, 0) is 6.92 Å². The number of ether oxygens (including phenoxy) is 2. The maximum Gasteiger partial charge on any atom is 0.175 e. The molecule has 84 valence electrons. The zero-order chi connectivity index (χ0) is 10.9. The van der Waals surface area contributed by atoms with E-state index in [1.165, 1.54) is 0 Å². The van der Waals surface area contributed by atoms with E-state index in [0.29, 0.717) is 0 Å². The molecule has 0 spiro atoms. The molecule has 0 aliphatic carbocycles. The molecule has 2 rings (SSSR count). The van der Waals surface area contributed by atoms with Crippen LogP contribution in [0.25, 0.3) is 0 Å². The smallest absolute Gasteiger partial charge is 0.175 e. The zero-order valence-corrected chi connectivity index (χ0v) is 9.56. The Balaban J connectivity index is 1.87. The second-order valence-corrected chi connectivity index (χ2v) is 4.93. The van der Waals surface area contributed by atoms with Gasteiger partial charge in [0.15, 0.2) is 6.29 Å². The number of aryl methyl sites for hydroxylation is 1. The van der Waals surface area contributed by atoms with E-state index >= 15 is 0 Å². The Kier molecular flexibility index (Phi) is 2.80. The fraction of sp³-hybridized carbons (Fsp3) is 0.727. The van der Waals surface area contributed by atoms with Gasteiger partial charge in [-0.1, -0.05) is 13.8 Å². The number of aromatic nitrogens is 2. The Morgan fingerprint density at radius 2 is 2.13 bits per heavy atom. The lowest BCUT2D eigenvalue weighted by Gasteiger charge is -2.34. The minimum absolute atomic E-state index is 0.133. The van der Waals surface area contributed by atoms with Crippen molar-refractivity contribution in [3.8, 4) is 0 Å². The van der Waals surface area contributed by atoms with Crippen LogP contribution in [0.1, 0.15) is 19.5 Å². The van der Waals surface area contributed by atoms with E-state index in [0.717, 1.165) is 25.5 Å². The van der Waals surface area contributed by atoms with Crippen molar-refractivity contribution < 1.29 is 9.47 Å². The quantitative estimate of drug-likeness (QED) is 0.743. The van der Waals surface area contributed by atoms with Crippen LogP contribution in [-0.4, -0.2) is 29.1 Å². The molecular formula is C11H18N2O2. The summed E-state index contributed by atoms with van der Waals surface area (Å²) >= 11 is 0. The van der Waals surface area contributed by atoms with Crippen LogP contribution < -0.4 is 0 Å². The fourth-order valence-corrected chi connectivity index (χ4v) is 1.58. The minimum Gasteiger partial charge on any atom is -0.350 e. The number of rotatable bonds is 2. The zero-order valence-electron chi connectivity index (χ0n) is 9.56. The van der Waals surface area contributed by atoms with E-state index in [2.05, 4.69) is 18.8 Å². The molecule has 1 aromatic rings. The summed E-state index contributed by atoms with van der Waals surface area (Å²) < 4.78 is 13.3. The van der Waals surface area contributed by atoms with Crippen LogP contribution in [-0.2, 0) is 16.0 Å². The lowest BCUT2D eigenvalue weighted by molar-refractivity contribution is -0.226. The van der Waals surface area contributed by atoms with Crippen molar-refractivity contribution >= 4 is 0 Å². The van der Waals surface area contributed by atoms with E-state index in [-0.39, 0.29) is 11.7 Å². The summed E-state index contributed by atoms with van der Waals surface area (Å²) in [7, 11) is 0. The van der Waals surface area contributed by atoms with Crippen LogP contribution in [0, 0.1) is 12.3 Å². The SMILES string of the molecule is Cc1cn(CC2OCC(C)(C)CO2)cn1. The molecule has 1 saturated heterocycles. The molecule has 0 aromatic carbocycles. The molecule has 1 aliphatic heterocycles. The number of nitrogens with zero attached hydrogens (tertiary/aromatic N) is 2. The second-order valence-electron chi connectivity index (χ2n) is 4.93.